The first-order valence-corrected chi connectivity index (χ1v) is 6.45. The second-order valence-electron chi connectivity index (χ2n) is 3.95. The molecule has 0 atom stereocenters. The molecule has 1 aromatic rings. The third-order valence-electron chi connectivity index (χ3n) is 2.38. The minimum atomic E-state index is -0.376. The van der Waals surface area contributed by atoms with E-state index in [4.69, 9.17) is 9.47 Å². The number of rotatable bonds is 8. The molecule has 0 heterocycles. The number of benzene rings is 1. The van der Waals surface area contributed by atoms with Crippen LogP contribution in [0, 0.1) is 0 Å². The number of para-hydroxylation sites is 2. The van der Waals surface area contributed by atoms with Crippen molar-refractivity contribution in [3.05, 3.63) is 36.9 Å². The van der Waals surface area contributed by atoms with E-state index in [1.54, 1.807) is 31.2 Å². The summed E-state index contributed by atoms with van der Waals surface area (Å²) in [6, 6.07) is 7.10. The maximum Gasteiger partial charge on any atom is 0.306 e. The summed E-state index contributed by atoms with van der Waals surface area (Å²) in [7, 11) is 0. The number of esters is 1. The van der Waals surface area contributed by atoms with Crippen LogP contribution in [0.5, 0.6) is 5.75 Å². The van der Waals surface area contributed by atoms with Crippen LogP contribution in [0.4, 0.5) is 5.69 Å². The molecule has 0 aliphatic heterocycles. The molecule has 0 unspecified atom stereocenters. The molecule has 1 amide bonds. The van der Waals surface area contributed by atoms with Gasteiger partial charge in [-0.05, 0) is 19.1 Å². The minimum absolute atomic E-state index is 0.0648. The Labute approximate surface area is 118 Å². The normalized spacial score (nSPS) is 9.65. The highest BCUT2D eigenvalue weighted by molar-refractivity contribution is 5.93. The van der Waals surface area contributed by atoms with Crippen LogP contribution >= 0.6 is 0 Å². The summed E-state index contributed by atoms with van der Waals surface area (Å²) < 4.78 is 10.2. The van der Waals surface area contributed by atoms with Crippen LogP contribution in [0.2, 0.25) is 0 Å². The molecule has 0 saturated carbocycles. The Balaban J connectivity index is 2.52. The summed E-state index contributed by atoms with van der Waals surface area (Å²) in [5.74, 6) is -0.0663. The first-order valence-electron chi connectivity index (χ1n) is 6.45. The molecule has 5 nitrogen and oxygen atoms in total. The van der Waals surface area contributed by atoms with Crippen LogP contribution in [0.25, 0.3) is 0 Å². The molecular weight excluding hydrogens is 258 g/mol. The van der Waals surface area contributed by atoms with Gasteiger partial charge in [0.2, 0.25) is 5.91 Å². The van der Waals surface area contributed by atoms with Gasteiger partial charge < -0.3 is 14.8 Å². The number of hydrogen-bond acceptors (Lipinski definition) is 4. The van der Waals surface area contributed by atoms with E-state index in [-0.39, 0.29) is 24.7 Å². The molecule has 0 fully saturated rings. The summed E-state index contributed by atoms with van der Waals surface area (Å²) in [5, 5.41) is 2.71. The lowest BCUT2D eigenvalue weighted by Crippen LogP contribution is -2.15. The van der Waals surface area contributed by atoms with E-state index < -0.39 is 0 Å². The number of carbonyl (C=O) groups is 2. The summed E-state index contributed by atoms with van der Waals surface area (Å²) in [4.78, 5) is 22.9. The van der Waals surface area contributed by atoms with Crippen LogP contribution in [0.3, 0.4) is 0 Å². The third-order valence-corrected chi connectivity index (χ3v) is 2.38. The van der Waals surface area contributed by atoms with E-state index in [1.165, 1.54) is 0 Å². The summed E-state index contributed by atoms with van der Waals surface area (Å²) >= 11 is 0. The fourth-order valence-electron chi connectivity index (χ4n) is 1.51. The maximum absolute atomic E-state index is 11.8. The zero-order valence-electron chi connectivity index (χ0n) is 11.6. The Bertz CT molecular complexity index is 471. The topological polar surface area (TPSA) is 64.6 Å². The van der Waals surface area contributed by atoms with E-state index in [2.05, 4.69) is 11.9 Å². The number of hydrogen-bond donors (Lipinski definition) is 1. The van der Waals surface area contributed by atoms with Crippen molar-refractivity contribution in [1.29, 1.82) is 0 Å². The van der Waals surface area contributed by atoms with Gasteiger partial charge in [-0.3, -0.25) is 9.59 Å². The van der Waals surface area contributed by atoms with E-state index in [1.807, 2.05) is 6.07 Å². The van der Waals surface area contributed by atoms with E-state index in [0.717, 1.165) is 0 Å². The van der Waals surface area contributed by atoms with Crippen molar-refractivity contribution in [1.82, 2.24) is 0 Å². The molecule has 0 aliphatic carbocycles. The molecule has 0 aliphatic rings. The van der Waals surface area contributed by atoms with Gasteiger partial charge >= 0.3 is 5.97 Å². The summed E-state index contributed by atoms with van der Waals surface area (Å²) in [5.41, 5.74) is 0.572. The Hall–Kier alpha value is -2.30. The molecule has 108 valence electrons. The van der Waals surface area contributed by atoms with Crippen LogP contribution in [-0.4, -0.2) is 25.1 Å². The molecular formula is C15H19NO4. The average molecular weight is 277 g/mol. The fourth-order valence-corrected chi connectivity index (χ4v) is 1.51. The molecule has 1 rings (SSSR count). The Morgan fingerprint density at radius 3 is 2.75 bits per heavy atom. The van der Waals surface area contributed by atoms with E-state index >= 15 is 0 Å². The fraction of sp³-hybridized carbons (Fsp3) is 0.333. The SMILES string of the molecule is C=CCOc1ccccc1NC(=O)CCC(=O)OCC. The first-order chi connectivity index (χ1) is 9.67. The second-order valence-corrected chi connectivity index (χ2v) is 3.95. The molecule has 1 aromatic carbocycles. The van der Waals surface area contributed by atoms with Gasteiger partial charge in [-0.1, -0.05) is 24.8 Å². The van der Waals surface area contributed by atoms with Gasteiger partial charge in [0.15, 0.2) is 0 Å². The van der Waals surface area contributed by atoms with E-state index in [0.29, 0.717) is 24.7 Å². The highest BCUT2D eigenvalue weighted by Crippen LogP contribution is 2.23. The number of carbonyl (C=O) groups excluding carboxylic acids is 2. The molecule has 0 aromatic heterocycles. The molecule has 0 bridgehead atoms. The average Bonchev–Trinajstić information content (AvgIpc) is 2.44. The van der Waals surface area contributed by atoms with Crippen LogP contribution in [0.1, 0.15) is 19.8 Å². The van der Waals surface area contributed by atoms with E-state index in [9.17, 15) is 9.59 Å². The minimum Gasteiger partial charge on any atom is -0.487 e. The van der Waals surface area contributed by atoms with Gasteiger partial charge in [0.25, 0.3) is 0 Å². The molecule has 20 heavy (non-hydrogen) atoms. The van der Waals surface area contributed by atoms with Crippen molar-refractivity contribution >= 4 is 17.6 Å². The standard InChI is InChI=1S/C15H19NO4/c1-3-11-20-13-8-6-5-7-12(13)16-14(17)9-10-15(18)19-4-2/h3,5-8H,1,4,9-11H2,2H3,(H,16,17). The van der Waals surface area contributed by atoms with Crippen LogP contribution < -0.4 is 10.1 Å². The molecule has 5 heteroatoms. The lowest BCUT2D eigenvalue weighted by atomic mass is 10.2. The molecule has 0 spiro atoms. The number of amides is 1. The van der Waals surface area contributed by atoms with Crippen molar-refractivity contribution in [2.75, 3.05) is 18.5 Å². The first kappa shape index (κ1) is 15.8. The second kappa shape index (κ2) is 8.74. The Kier molecular flexibility index (Phi) is 6.89. The van der Waals surface area contributed by atoms with Crippen molar-refractivity contribution in [3.8, 4) is 5.75 Å². The van der Waals surface area contributed by atoms with Gasteiger partial charge in [-0.2, -0.15) is 0 Å². The van der Waals surface area contributed by atoms with Gasteiger partial charge in [0.05, 0.1) is 18.7 Å². The smallest absolute Gasteiger partial charge is 0.306 e. The monoisotopic (exact) mass is 277 g/mol. The van der Waals surface area contributed by atoms with Crippen LogP contribution in [0.15, 0.2) is 36.9 Å². The predicted octanol–water partition coefficient (Wildman–Crippen LogP) is 2.53. The van der Waals surface area contributed by atoms with Crippen LogP contribution in [-0.2, 0) is 14.3 Å². The maximum atomic E-state index is 11.8. The van der Waals surface area contributed by atoms with Crippen molar-refractivity contribution in [2.24, 2.45) is 0 Å². The van der Waals surface area contributed by atoms with Gasteiger partial charge in [-0.15, -0.1) is 0 Å². The molecule has 0 saturated heterocycles. The largest absolute Gasteiger partial charge is 0.487 e. The van der Waals surface area contributed by atoms with Gasteiger partial charge in [-0.25, -0.2) is 0 Å². The van der Waals surface area contributed by atoms with Gasteiger partial charge in [0.1, 0.15) is 12.4 Å². The molecule has 0 radical (unpaired) electrons. The predicted molar refractivity (Wildman–Crippen MR) is 76.6 cm³/mol. The number of nitrogens with one attached hydrogen (secondary N) is 1. The Morgan fingerprint density at radius 1 is 1.30 bits per heavy atom. The number of ether oxygens (including phenoxy) is 2. The van der Waals surface area contributed by atoms with Crippen molar-refractivity contribution < 1.29 is 19.1 Å². The summed E-state index contributed by atoms with van der Waals surface area (Å²) in [6.07, 6.45) is 1.77. The quantitative estimate of drug-likeness (QED) is 0.586. The molecule has 1 N–H and O–H groups in total. The zero-order valence-corrected chi connectivity index (χ0v) is 11.6. The van der Waals surface area contributed by atoms with Gasteiger partial charge in [0, 0.05) is 6.42 Å². The highest BCUT2D eigenvalue weighted by Gasteiger charge is 2.10. The van der Waals surface area contributed by atoms with Crippen molar-refractivity contribution in [3.63, 3.8) is 0 Å². The third kappa shape index (κ3) is 5.56. The highest BCUT2D eigenvalue weighted by atomic mass is 16.5. The lowest BCUT2D eigenvalue weighted by molar-refractivity contribution is -0.144. The lowest BCUT2D eigenvalue weighted by Gasteiger charge is -2.11. The zero-order chi connectivity index (χ0) is 14.8. The Morgan fingerprint density at radius 2 is 2.05 bits per heavy atom. The van der Waals surface area contributed by atoms with Crippen molar-refractivity contribution in [2.45, 2.75) is 19.8 Å². The summed E-state index contributed by atoms with van der Waals surface area (Å²) in [6.45, 7) is 5.97. The number of anilines is 1.